The summed E-state index contributed by atoms with van der Waals surface area (Å²) in [6.45, 7) is 2.10. The van der Waals surface area contributed by atoms with Crippen LogP contribution in [0.4, 0.5) is 13.2 Å². The van der Waals surface area contributed by atoms with E-state index in [4.69, 9.17) is 5.11 Å². The maximum absolute atomic E-state index is 13.0. The molecular formula is C14H12F3NO2. The second kappa shape index (κ2) is 5.03. The largest absolute Gasteiger partial charge is 0.477 e. The Morgan fingerprint density at radius 3 is 2.45 bits per heavy atom. The van der Waals surface area contributed by atoms with Crippen molar-refractivity contribution in [1.29, 1.82) is 0 Å². The van der Waals surface area contributed by atoms with Crippen LogP contribution in [-0.2, 0) is 12.7 Å². The van der Waals surface area contributed by atoms with Gasteiger partial charge in [-0.2, -0.15) is 13.2 Å². The molecule has 0 amide bonds. The lowest BCUT2D eigenvalue weighted by Gasteiger charge is -2.11. The fourth-order valence-electron chi connectivity index (χ4n) is 2.08. The first-order valence-electron chi connectivity index (χ1n) is 5.94. The van der Waals surface area contributed by atoms with Gasteiger partial charge in [-0.1, -0.05) is 18.2 Å². The lowest BCUT2D eigenvalue weighted by atomic mass is 10.0. The van der Waals surface area contributed by atoms with Gasteiger partial charge in [-0.15, -0.1) is 0 Å². The number of aromatic nitrogens is 1. The Labute approximate surface area is 113 Å². The highest BCUT2D eigenvalue weighted by Crippen LogP contribution is 2.37. The fraction of sp³-hybridized carbons (Fsp3) is 0.214. The molecule has 20 heavy (non-hydrogen) atoms. The molecule has 0 spiro atoms. The molecule has 0 fully saturated rings. The van der Waals surface area contributed by atoms with Crippen LogP contribution in [0, 0.1) is 0 Å². The van der Waals surface area contributed by atoms with Gasteiger partial charge in [0.15, 0.2) is 0 Å². The van der Waals surface area contributed by atoms with E-state index in [9.17, 15) is 18.0 Å². The molecule has 0 saturated heterocycles. The van der Waals surface area contributed by atoms with Crippen molar-refractivity contribution in [3.05, 3.63) is 47.8 Å². The minimum atomic E-state index is -4.48. The van der Waals surface area contributed by atoms with E-state index in [2.05, 4.69) is 0 Å². The van der Waals surface area contributed by atoms with Gasteiger partial charge >= 0.3 is 12.1 Å². The zero-order valence-corrected chi connectivity index (χ0v) is 10.6. The number of aromatic carboxylic acids is 1. The van der Waals surface area contributed by atoms with Crippen LogP contribution in [0.1, 0.15) is 23.0 Å². The highest BCUT2D eigenvalue weighted by atomic mass is 19.4. The minimum absolute atomic E-state index is 0.0188. The van der Waals surface area contributed by atoms with Crippen LogP contribution < -0.4 is 0 Å². The molecular weight excluding hydrogens is 271 g/mol. The number of rotatable bonds is 3. The van der Waals surface area contributed by atoms with Crippen molar-refractivity contribution < 1.29 is 23.1 Å². The zero-order chi connectivity index (χ0) is 14.9. The van der Waals surface area contributed by atoms with Gasteiger partial charge in [0, 0.05) is 18.3 Å². The van der Waals surface area contributed by atoms with Gasteiger partial charge in [-0.05, 0) is 24.6 Å². The monoisotopic (exact) mass is 283 g/mol. The number of benzene rings is 1. The van der Waals surface area contributed by atoms with Crippen LogP contribution in [0.2, 0.25) is 0 Å². The Morgan fingerprint density at radius 2 is 1.95 bits per heavy atom. The van der Waals surface area contributed by atoms with Gasteiger partial charge in [-0.25, -0.2) is 4.79 Å². The molecule has 0 aliphatic rings. The highest BCUT2D eigenvalue weighted by Gasteiger charge is 2.33. The number of carboxylic acid groups (broad SMARTS) is 1. The number of hydrogen-bond donors (Lipinski definition) is 1. The fourth-order valence-corrected chi connectivity index (χ4v) is 2.08. The molecule has 1 N–H and O–H groups in total. The van der Waals surface area contributed by atoms with Crippen LogP contribution in [-0.4, -0.2) is 15.6 Å². The molecule has 0 atom stereocenters. The standard InChI is InChI=1S/C14H12F3NO2/c1-2-18-8-9(7-12(18)13(19)20)10-5-3-4-6-11(10)14(15,16)17/h3-8H,2H2,1H3,(H,19,20). The molecule has 0 saturated carbocycles. The molecule has 1 aromatic carbocycles. The lowest BCUT2D eigenvalue weighted by molar-refractivity contribution is -0.137. The van der Waals surface area contributed by atoms with Crippen molar-refractivity contribution in [2.45, 2.75) is 19.6 Å². The van der Waals surface area contributed by atoms with Gasteiger partial charge in [0.1, 0.15) is 5.69 Å². The molecule has 0 aliphatic carbocycles. The van der Waals surface area contributed by atoms with Crippen molar-refractivity contribution in [3.63, 3.8) is 0 Å². The third-order valence-corrected chi connectivity index (χ3v) is 3.00. The van der Waals surface area contributed by atoms with Crippen molar-refractivity contribution in [1.82, 2.24) is 4.57 Å². The molecule has 1 heterocycles. The first-order valence-corrected chi connectivity index (χ1v) is 5.94. The summed E-state index contributed by atoms with van der Waals surface area (Å²) in [5.74, 6) is -1.16. The molecule has 0 unspecified atom stereocenters. The second-order valence-corrected chi connectivity index (χ2v) is 4.25. The number of carbonyl (C=O) groups is 1. The van der Waals surface area contributed by atoms with E-state index in [0.717, 1.165) is 6.07 Å². The summed E-state index contributed by atoms with van der Waals surface area (Å²) in [6, 6.07) is 6.38. The second-order valence-electron chi connectivity index (χ2n) is 4.25. The van der Waals surface area contributed by atoms with Crippen LogP contribution >= 0.6 is 0 Å². The molecule has 2 aromatic rings. The van der Waals surface area contributed by atoms with E-state index >= 15 is 0 Å². The van der Waals surface area contributed by atoms with Crippen LogP contribution in [0.25, 0.3) is 11.1 Å². The van der Waals surface area contributed by atoms with Gasteiger partial charge in [-0.3, -0.25) is 0 Å². The van der Waals surface area contributed by atoms with Crippen LogP contribution in [0.3, 0.4) is 0 Å². The average Bonchev–Trinajstić information content (AvgIpc) is 2.82. The van der Waals surface area contributed by atoms with Crippen LogP contribution in [0.15, 0.2) is 36.5 Å². The SMILES string of the molecule is CCn1cc(-c2ccccc2C(F)(F)F)cc1C(=O)O. The Kier molecular flexibility index (Phi) is 3.57. The first kappa shape index (κ1) is 14.2. The van der Waals surface area contributed by atoms with E-state index in [1.165, 1.54) is 35.0 Å². The van der Waals surface area contributed by atoms with Gasteiger partial charge in [0.2, 0.25) is 0 Å². The van der Waals surface area contributed by atoms with E-state index in [1.54, 1.807) is 6.92 Å². The smallest absolute Gasteiger partial charge is 0.417 e. The predicted molar refractivity (Wildman–Crippen MR) is 67.5 cm³/mol. The molecule has 6 heteroatoms. The number of hydrogen-bond acceptors (Lipinski definition) is 1. The van der Waals surface area contributed by atoms with Crippen molar-refractivity contribution in [2.24, 2.45) is 0 Å². The molecule has 0 aliphatic heterocycles. The normalized spacial score (nSPS) is 11.6. The van der Waals surface area contributed by atoms with Crippen LogP contribution in [0.5, 0.6) is 0 Å². The maximum Gasteiger partial charge on any atom is 0.417 e. The lowest BCUT2D eigenvalue weighted by Crippen LogP contribution is -2.06. The molecule has 106 valence electrons. The van der Waals surface area contributed by atoms with Crippen molar-refractivity contribution in [2.75, 3.05) is 0 Å². The van der Waals surface area contributed by atoms with E-state index in [1.807, 2.05) is 0 Å². The number of halogens is 3. The Morgan fingerprint density at radius 1 is 1.30 bits per heavy atom. The number of aryl methyl sites for hydroxylation is 1. The summed E-state index contributed by atoms with van der Waals surface area (Å²) in [5, 5.41) is 9.04. The van der Waals surface area contributed by atoms with Crippen molar-refractivity contribution >= 4 is 5.97 Å². The average molecular weight is 283 g/mol. The summed E-state index contributed by atoms with van der Waals surface area (Å²) >= 11 is 0. The molecule has 0 bridgehead atoms. The molecule has 2 rings (SSSR count). The highest BCUT2D eigenvalue weighted by molar-refractivity contribution is 5.88. The minimum Gasteiger partial charge on any atom is -0.477 e. The summed E-state index contributed by atoms with van der Waals surface area (Å²) in [7, 11) is 0. The zero-order valence-electron chi connectivity index (χ0n) is 10.6. The third kappa shape index (κ3) is 2.54. The Balaban J connectivity index is 2.61. The first-order chi connectivity index (χ1) is 9.34. The quantitative estimate of drug-likeness (QED) is 0.928. The summed E-state index contributed by atoms with van der Waals surface area (Å²) in [6.07, 6.45) is -3.05. The summed E-state index contributed by atoms with van der Waals surface area (Å²) in [4.78, 5) is 11.1. The van der Waals surface area contributed by atoms with Gasteiger partial charge < -0.3 is 9.67 Å². The van der Waals surface area contributed by atoms with Gasteiger partial charge in [0.05, 0.1) is 5.56 Å². The Hall–Kier alpha value is -2.24. The maximum atomic E-state index is 13.0. The molecule has 1 aromatic heterocycles. The number of alkyl halides is 3. The van der Waals surface area contributed by atoms with E-state index in [-0.39, 0.29) is 16.8 Å². The number of carboxylic acids is 1. The topological polar surface area (TPSA) is 42.2 Å². The number of nitrogens with zero attached hydrogens (tertiary/aromatic N) is 1. The molecule has 3 nitrogen and oxygen atoms in total. The predicted octanol–water partition coefficient (Wildman–Crippen LogP) is 3.89. The van der Waals surface area contributed by atoms with Gasteiger partial charge in [0.25, 0.3) is 0 Å². The molecule has 0 radical (unpaired) electrons. The Bertz CT molecular complexity index is 644. The van der Waals surface area contributed by atoms with E-state index < -0.39 is 17.7 Å². The van der Waals surface area contributed by atoms with E-state index in [0.29, 0.717) is 6.54 Å². The summed E-state index contributed by atoms with van der Waals surface area (Å²) in [5.41, 5.74) is -0.573. The summed E-state index contributed by atoms with van der Waals surface area (Å²) < 4.78 is 40.3. The van der Waals surface area contributed by atoms with Crippen molar-refractivity contribution in [3.8, 4) is 11.1 Å². The third-order valence-electron chi connectivity index (χ3n) is 3.00.